The minimum Gasteiger partial charge on any atom is -0.333 e. The molecule has 92 valence electrons. The van der Waals surface area contributed by atoms with E-state index in [0.717, 1.165) is 5.56 Å². The summed E-state index contributed by atoms with van der Waals surface area (Å²) in [5, 5.41) is 2.68. The quantitative estimate of drug-likeness (QED) is 0.911. The summed E-state index contributed by atoms with van der Waals surface area (Å²) in [6, 6.07) is 5.86. The van der Waals surface area contributed by atoms with Gasteiger partial charge in [-0.25, -0.2) is 9.18 Å². The van der Waals surface area contributed by atoms with Crippen molar-refractivity contribution in [3.05, 3.63) is 46.7 Å². The molecule has 17 heavy (non-hydrogen) atoms. The number of benzene rings is 1. The molecule has 0 heterocycles. The number of nitrogens with one attached hydrogen (secondary N) is 1. The zero-order chi connectivity index (χ0) is 12.8. The highest BCUT2D eigenvalue weighted by Crippen LogP contribution is 2.06. The Labute approximate surface area is 108 Å². The van der Waals surface area contributed by atoms with Crippen molar-refractivity contribution in [1.82, 2.24) is 10.2 Å². The number of urea groups is 1. The van der Waals surface area contributed by atoms with Gasteiger partial charge in [-0.15, -0.1) is 0 Å². The van der Waals surface area contributed by atoms with Crippen LogP contribution in [-0.2, 0) is 6.54 Å². The number of halogens is 2. The molecule has 0 aliphatic heterocycles. The maximum Gasteiger partial charge on any atom is 0.317 e. The maximum absolute atomic E-state index is 12.7. The highest BCUT2D eigenvalue weighted by Gasteiger charge is 2.08. The predicted octanol–water partition coefficient (Wildman–Crippen LogP) is 2.88. The van der Waals surface area contributed by atoms with Crippen LogP contribution in [0.1, 0.15) is 5.56 Å². The summed E-state index contributed by atoms with van der Waals surface area (Å²) in [5.74, 6) is -0.281. The van der Waals surface area contributed by atoms with Crippen LogP contribution in [0.15, 0.2) is 35.3 Å². The van der Waals surface area contributed by atoms with Gasteiger partial charge in [0.05, 0.1) is 6.54 Å². The van der Waals surface area contributed by atoms with E-state index in [1.165, 1.54) is 17.0 Å². The molecule has 0 aromatic heterocycles. The molecule has 1 aromatic carbocycles. The van der Waals surface area contributed by atoms with Gasteiger partial charge >= 0.3 is 6.03 Å². The molecule has 1 aromatic rings. The van der Waals surface area contributed by atoms with Crippen molar-refractivity contribution in [2.45, 2.75) is 6.54 Å². The second-order valence-electron chi connectivity index (χ2n) is 3.66. The first-order valence-electron chi connectivity index (χ1n) is 5.05. The number of nitrogens with zero attached hydrogens (tertiary/aromatic N) is 1. The molecule has 2 amide bonds. The molecular formula is C12H14BrFN2O. The van der Waals surface area contributed by atoms with Crippen molar-refractivity contribution in [3.63, 3.8) is 0 Å². The smallest absolute Gasteiger partial charge is 0.317 e. The summed E-state index contributed by atoms with van der Waals surface area (Å²) < 4.78 is 13.4. The van der Waals surface area contributed by atoms with Crippen molar-refractivity contribution in [2.75, 3.05) is 13.6 Å². The third-order valence-corrected chi connectivity index (χ3v) is 2.39. The first-order valence-corrected chi connectivity index (χ1v) is 5.85. The van der Waals surface area contributed by atoms with E-state index in [2.05, 4.69) is 27.8 Å². The van der Waals surface area contributed by atoms with Gasteiger partial charge in [-0.2, -0.15) is 0 Å². The Morgan fingerprint density at radius 1 is 1.47 bits per heavy atom. The number of carbonyl (C=O) groups excluding carboxylic acids is 1. The Hall–Kier alpha value is -1.36. The van der Waals surface area contributed by atoms with E-state index in [9.17, 15) is 9.18 Å². The van der Waals surface area contributed by atoms with Crippen LogP contribution in [0, 0.1) is 5.82 Å². The van der Waals surface area contributed by atoms with Gasteiger partial charge in [0.25, 0.3) is 0 Å². The van der Waals surface area contributed by atoms with Crippen LogP contribution in [0.5, 0.6) is 0 Å². The Balaban J connectivity index is 2.48. The zero-order valence-electron chi connectivity index (χ0n) is 9.54. The molecular weight excluding hydrogens is 287 g/mol. The van der Waals surface area contributed by atoms with Gasteiger partial charge < -0.3 is 10.2 Å². The Kier molecular flexibility index (Phi) is 5.15. The molecule has 0 spiro atoms. The van der Waals surface area contributed by atoms with Gasteiger partial charge in [-0.1, -0.05) is 34.6 Å². The fourth-order valence-corrected chi connectivity index (χ4v) is 1.38. The summed E-state index contributed by atoms with van der Waals surface area (Å²) >= 11 is 3.16. The molecule has 0 saturated carbocycles. The van der Waals surface area contributed by atoms with Crippen LogP contribution in [0.2, 0.25) is 0 Å². The Morgan fingerprint density at radius 2 is 2.06 bits per heavy atom. The van der Waals surface area contributed by atoms with Gasteiger partial charge in [0.15, 0.2) is 0 Å². The first-order chi connectivity index (χ1) is 7.99. The minimum atomic E-state index is -0.281. The van der Waals surface area contributed by atoms with Crippen LogP contribution in [0.25, 0.3) is 0 Å². The number of rotatable bonds is 4. The summed E-state index contributed by atoms with van der Waals surface area (Å²) in [4.78, 5) is 13.1. The van der Waals surface area contributed by atoms with E-state index in [1.54, 1.807) is 19.2 Å². The van der Waals surface area contributed by atoms with Crippen molar-refractivity contribution in [2.24, 2.45) is 0 Å². The fourth-order valence-electron chi connectivity index (χ4n) is 1.24. The monoisotopic (exact) mass is 300 g/mol. The van der Waals surface area contributed by atoms with Crippen molar-refractivity contribution >= 4 is 22.0 Å². The summed E-state index contributed by atoms with van der Waals surface area (Å²) in [5.41, 5.74) is 0.877. The molecule has 0 fully saturated rings. The number of hydrogen-bond acceptors (Lipinski definition) is 1. The SMILES string of the molecule is C=C(Br)CNC(=O)N(C)Cc1ccc(F)cc1. The zero-order valence-corrected chi connectivity index (χ0v) is 11.1. The van der Waals surface area contributed by atoms with Crippen LogP contribution < -0.4 is 5.32 Å². The van der Waals surface area contributed by atoms with E-state index in [-0.39, 0.29) is 11.8 Å². The molecule has 0 saturated heterocycles. The van der Waals surface area contributed by atoms with Gasteiger partial charge in [-0.3, -0.25) is 0 Å². The van der Waals surface area contributed by atoms with Gasteiger partial charge in [0.1, 0.15) is 5.82 Å². The molecule has 5 heteroatoms. The lowest BCUT2D eigenvalue weighted by atomic mass is 10.2. The van der Waals surface area contributed by atoms with Gasteiger partial charge in [0.2, 0.25) is 0 Å². The van der Waals surface area contributed by atoms with Gasteiger partial charge in [0, 0.05) is 18.1 Å². The molecule has 0 aliphatic carbocycles. The van der Waals surface area contributed by atoms with E-state index in [1.807, 2.05) is 0 Å². The average Bonchev–Trinajstić information content (AvgIpc) is 2.28. The molecule has 0 bridgehead atoms. The van der Waals surface area contributed by atoms with Gasteiger partial charge in [-0.05, 0) is 17.7 Å². The maximum atomic E-state index is 12.7. The molecule has 1 N–H and O–H groups in total. The fraction of sp³-hybridized carbons (Fsp3) is 0.250. The molecule has 0 unspecified atom stereocenters. The molecule has 0 radical (unpaired) electrons. The second-order valence-corrected chi connectivity index (χ2v) is 4.78. The average molecular weight is 301 g/mol. The molecule has 1 rings (SSSR count). The van der Waals surface area contributed by atoms with E-state index in [0.29, 0.717) is 17.6 Å². The minimum absolute atomic E-state index is 0.199. The topological polar surface area (TPSA) is 32.3 Å². The van der Waals surface area contributed by atoms with E-state index in [4.69, 9.17) is 0 Å². The highest BCUT2D eigenvalue weighted by atomic mass is 79.9. The molecule has 0 atom stereocenters. The Morgan fingerprint density at radius 3 is 2.59 bits per heavy atom. The van der Waals surface area contributed by atoms with Crippen LogP contribution in [-0.4, -0.2) is 24.5 Å². The summed E-state index contributed by atoms with van der Waals surface area (Å²) in [6.07, 6.45) is 0. The first kappa shape index (κ1) is 13.7. The normalized spacial score (nSPS) is 9.82. The van der Waals surface area contributed by atoms with E-state index >= 15 is 0 Å². The lowest BCUT2D eigenvalue weighted by Crippen LogP contribution is -2.37. The second kappa shape index (κ2) is 6.39. The number of hydrogen-bond donors (Lipinski definition) is 1. The van der Waals surface area contributed by atoms with Crippen molar-refractivity contribution < 1.29 is 9.18 Å². The molecule has 0 aliphatic rings. The largest absolute Gasteiger partial charge is 0.333 e. The predicted molar refractivity (Wildman–Crippen MR) is 69.3 cm³/mol. The third-order valence-electron chi connectivity index (χ3n) is 2.11. The van der Waals surface area contributed by atoms with Crippen LogP contribution in [0.3, 0.4) is 0 Å². The third kappa shape index (κ3) is 4.99. The Bertz CT molecular complexity index is 405. The summed E-state index contributed by atoms with van der Waals surface area (Å²) in [7, 11) is 1.68. The summed E-state index contributed by atoms with van der Waals surface area (Å²) in [6.45, 7) is 4.43. The van der Waals surface area contributed by atoms with Crippen LogP contribution in [0.4, 0.5) is 9.18 Å². The van der Waals surface area contributed by atoms with E-state index < -0.39 is 0 Å². The number of amides is 2. The lowest BCUT2D eigenvalue weighted by Gasteiger charge is -2.17. The highest BCUT2D eigenvalue weighted by molar-refractivity contribution is 9.11. The number of carbonyl (C=O) groups is 1. The van der Waals surface area contributed by atoms with Crippen molar-refractivity contribution in [3.8, 4) is 0 Å². The van der Waals surface area contributed by atoms with Crippen molar-refractivity contribution in [1.29, 1.82) is 0 Å². The van der Waals surface area contributed by atoms with Crippen LogP contribution >= 0.6 is 15.9 Å². The molecule has 3 nitrogen and oxygen atoms in total. The standard InChI is InChI=1S/C12H14BrFN2O/c1-9(13)7-15-12(17)16(2)8-10-3-5-11(14)6-4-10/h3-6H,1,7-8H2,2H3,(H,15,17). The lowest BCUT2D eigenvalue weighted by molar-refractivity contribution is 0.208.